The summed E-state index contributed by atoms with van der Waals surface area (Å²) in [6.45, 7) is 7.24. The lowest BCUT2D eigenvalue weighted by atomic mass is 9.94. The van der Waals surface area contributed by atoms with Gasteiger partial charge in [0.25, 0.3) is 0 Å². The van der Waals surface area contributed by atoms with Crippen LogP contribution in [0.3, 0.4) is 0 Å². The molecule has 0 atom stereocenters. The predicted molar refractivity (Wildman–Crippen MR) is 78.1 cm³/mol. The standard InChI is InChI=1S/C15H32N2O/c1-3-13-18-14-11-16-10-7-12-17(2)15-8-5-4-6-9-15/h15-16H,3-14H2,1-2H3. The third-order valence-corrected chi connectivity index (χ3v) is 3.83. The Bertz CT molecular complexity index is 181. The molecule has 3 nitrogen and oxygen atoms in total. The lowest BCUT2D eigenvalue weighted by molar-refractivity contribution is 0.136. The number of hydrogen-bond acceptors (Lipinski definition) is 3. The van der Waals surface area contributed by atoms with E-state index >= 15 is 0 Å². The third kappa shape index (κ3) is 7.34. The molecule has 0 amide bonds. The van der Waals surface area contributed by atoms with Gasteiger partial charge >= 0.3 is 0 Å². The van der Waals surface area contributed by atoms with Crippen LogP contribution in [0.5, 0.6) is 0 Å². The number of hydrogen-bond donors (Lipinski definition) is 1. The van der Waals surface area contributed by atoms with E-state index in [1.54, 1.807) is 0 Å². The Morgan fingerprint density at radius 3 is 2.61 bits per heavy atom. The topological polar surface area (TPSA) is 24.5 Å². The van der Waals surface area contributed by atoms with Crippen LogP contribution in [0.4, 0.5) is 0 Å². The number of ether oxygens (including phenoxy) is 1. The summed E-state index contributed by atoms with van der Waals surface area (Å²) in [5, 5.41) is 3.45. The van der Waals surface area contributed by atoms with Crippen LogP contribution < -0.4 is 5.32 Å². The van der Waals surface area contributed by atoms with E-state index in [9.17, 15) is 0 Å². The van der Waals surface area contributed by atoms with Crippen molar-refractivity contribution in [3.63, 3.8) is 0 Å². The Hall–Kier alpha value is -0.120. The minimum Gasteiger partial charge on any atom is -0.380 e. The van der Waals surface area contributed by atoms with Gasteiger partial charge in [-0.15, -0.1) is 0 Å². The summed E-state index contributed by atoms with van der Waals surface area (Å²) >= 11 is 0. The summed E-state index contributed by atoms with van der Waals surface area (Å²) in [6.07, 6.45) is 9.50. The molecular formula is C15H32N2O. The Labute approximate surface area is 113 Å². The molecule has 1 aliphatic carbocycles. The fourth-order valence-electron chi connectivity index (χ4n) is 2.67. The molecule has 0 saturated heterocycles. The van der Waals surface area contributed by atoms with E-state index in [2.05, 4.69) is 24.2 Å². The van der Waals surface area contributed by atoms with Crippen LogP contribution in [0.25, 0.3) is 0 Å². The van der Waals surface area contributed by atoms with Crippen molar-refractivity contribution in [1.29, 1.82) is 0 Å². The normalized spacial score (nSPS) is 17.5. The van der Waals surface area contributed by atoms with Crippen molar-refractivity contribution in [2.24, 2.45) is 0 Å². The lowest BCUT2D eigenvalue weighted by Gasteiger charge is -2.31. The monoisotopic (exact) mass is 256 g/mol. The minimum absolute atomic E-state index is 0.853. The number of nitrogens with zero attached hydrogens (tertiary/aromatic N) is 1. The minimum atomic E-state index is 0.853. The molecule has 0 unspecified atom stereocenters. The molecule has 108 valence electrons. The molecular weight excluding hydrogens is 224 g/mol. The molecule has 0 heterocycles. The first kappa shape index (κ1) is 15.9. The van der Waals surface area contributed by atoms with Gasteiger partial charge < -0.3 is 15.0 Å². The largest absolute Gasteiger partial charge is 0.380 e. The van der Waals surface area contributed by atoms with Crippen molar-refractivity contribution < 1.29 is 4.74 Å². The highest BCUT2D eigenvalue weighted by molar-refractivity contribution is 4.73. The first-order chi connectivity index (χ1) is 8.84. The van der Waals surface area contributed by atoms with Crippen LogP contribution >= 0.6 is 0 Å². The molecule has 1 fully saturated rings. The quantitative estimate of drug-likeness (QED) is 0.608. The molecule has 18 heavy (non-hydrogen) atoms. The van der Waals surface area contributed by atoms with Crippen molar-refractivity contribution in [3.05, 3.63) is 0 Å². The average Bonchev–Trinajstić information content (AvgIpc) is 2.42. The maximum absolute atomic E-state index is 5.43. The summed E-state index contributed by atoms with van der Waals surface area (Å²) in [5.74, 6) is 0. The van der Waals surface area contributed by atoms with Gasteiger partial charge in [0, 0.05) is 19.2 Å². The smallest absolute Gasteiger partial charge is 0.0590 e. The van der Waals surface area contributed by atoms with Crippen molar-refractivity contribution in [1.82, 2.24) is 10.2 Å². The second-order valence-corrected chi connectivity index (χ2v) is 5.49. The molecule has 1 N–H and O–H groups in total. The van der Waals surface area contributed by atoms with Crippen molar-refractivity contribution in [3.8, 4) is 0 Å². The lowest BCUT2D eigenvalue weighted by Crippen LogP contribution is -2.35. The summed E-state index contributed by atoms with van der Waals surface area (Å²) in [7, 11) is 2.29. The maximum Gasteiger partial charge on any atom is 0.0590 e. The van der Waals surface area contributed by atoms with Crippen LogP contribution in [-0.2, 0) is 4.74 Å². The van der Waals surface area contributed by atoms with E-state index in [4.69, 9.17) is 4.74 Å². The molecule has 1 rings (SSSR count). The van der Waals surface area contributed by atoms with Gasteiger partial charge in [0.05, 0.1) is 6.61 Å². The molecule has 0 aromatic carbocycles. The molecule has 1 saturated carbocycles. The van der Waals surface area contributed by atoms with Gasteiger partial charge in [0.15, 0.2) is 0 Å². The fourth-order valence-corrected chi connectivity index (χ4v) is 2.67. The van der Waals surface area contributed by atoms with Gasteiger partial charge in [-0.2, -0.15) is 0 Å². The van der Waals surface area contributed by atoms with E-state index in [0.717, 1.165) is 38.8 Å². The second-order valence-electron chi connectivity index (χ2n) is 5.49. The number of rotatable bonds is 10. The maximum atomic E-state index is 5.43. The molecule has 3 heteroatoms. The Morgan fingerprint density at radius 2 is 1.89 bits per heavy atom. The molecule has 0 radical (unpaired) electrons. The molecule has 0 bridgehead atoms. The highest BCUT2D eigenvalue weighted by Crippen LogP contribution is 2.21. The second kappa shape index (κ2) is 10.8. The Kier molecular flexibility index (Phi) is 9.54. The van der Waals surface area contributed by atoms with Gasteiger partial charge in [0.2, 0.25) is 0 Å². The zero-order chi connectivity index (χ0) is 13.1. The molecule has 0 aliphatic heterocycles. The average molecular weight is 256 g/mol. The SMILES string of the molecule is CCCOCCNCCCN(C)C1CCCCC1. The van der Waals surface area contributed by atoms with Crippen LogP contribution in [0.1, 0.15) is 51.9 Å². The van der Waals surface area contributed by atoms with E-state index in [1.807, 2.05) is 0 Å². The van der Waals surface area contributed by atoms with Gasteiger partial charge in [-0.3, -0.25) is 0 Å². The Balaban J connectivity index is 1.87. The van der Waals surface area contributed by atoms with Crippen LogP contribution in [0.2, 0.25) is 0 Å². The molecule has 0 aromatic heterocycles. The van der Waals surface area contributed by atoms with Crippen LogP contribution in [0.15, 0.2) is 0 Å². The van der Waals surface area contributed by atoms with Gasteiger partial charge in [0.1, 0.15) is 0 Å². The van der Waals surface area contributed by atoms with E-state index < -0.39 is 0 Å². The molecule has 0 spiro atoms. The zero-order valence-corrected chi connectivity index (χ0v) is 12.4. The van der Waals surface area contributed by atoms with E-state index in [1.165, 1.54) is 45.1 Å². The Morgan fingerprint density at radius 1 is 1.11 bits per heavy atom. The predicted octanol–water partition coefficient (Wildman–Crippen LogP) is 2.66. The summed E-state index contributed by atoms with van der Waals surface area (Å²) in [5.41, 5.74) is 0. The van der Waals surface area contributed by atoms with E-state index in [0.29, 0.717) is 0 Å². The van der Waals surface area contributed by atoms with Gasteiger partial charge in [-0.25, -0.2) is 0 Å². The molecule has 0 aromatic rings. The summed E-state index contributed by atoms with van der Waals surface area (Å²) < 4.78 is 5.43. The zero-order valence-electron chi connectivity index (χ0n) is 12.4. The first-order valence-corrected chi connectivity index (χ1v) is 7.83. The summed E-state index contributed by atoms with van der Waals surface area (Å²) in [6, 6.07) is 0.853. The van der Waals surface area contributed by atoms with Crippen LogP contribution in [-0.4, -0.2) is 50.8 Å². The summed E-state index contributed by atoms with van der Waals surface area (Å²) in [4.78, 5) is 2.56. The van der Waals surface area contributed by atoms with Gasteiger partial charge in [-0.05, 0) is 45.8 Å². The van der Waals surface area contributed by atoms with E-state index in [-0.39, 0.29) is 0 Å². The third-order valence-electron chi connectivity index (χ3n) is 3.83. The van der Waals surface area contributed by atoms with Gasteiger partial charge in [-0.1, -0.05) is 26.2 Å². The van der Waals surface area contributed by atoms with Crippen LogP contribution in [0, 0.1) is 0 Å². The highest BCUT2D eigenvalue weighted by Gasteiger charge is 2.16. The fraction of sp³-hybridized carbons (Fsp3) is 1.00. The van der Waals surface area contributed by atoms with Crippen molar-refractivity contribution in [2.75, 3.05) is 39.9 Å². The first-order valence-electron chi connectivity index (χ1n) is 7.83. The molecule has 1 aliphatic rings. The highest BCUT2D eigenvalue weighted by atomic mass is 16.5. The van der Waals surface area contributed by atoms with Crippen molar-refractivity contribution >= 4 is 0 Å². The number of nitrogens with one attached hydrogen (secondary N) is 1. The van der Waals surface area contributed by atoms with Crippen molar-refractivity contribution in [2.45, 2.75) is 57.9 Å².